The van der Waals surface area contributed by atoms with Crippen LogP contribution < -0.4 is 24.4 Å². The van der Waals surface area contributed by atoms with Gasteiger partial charge in [0.05, 0.1) is 41.1 Å². The SMILES string of the molecule is CCCC1=C(C(=O)OCC)[C@H](c2ccc(C(C)C)cc2)n2c(s/c(=C\c3ccc(OC(=O)c4ccc(OC)cc4)cc3)c2=O)=N1. The minimum Gasteiger partial charge on any atom is -0.497 e. The first-order valence-corrected chi connectivity index (χ1v) is 15.8. The Balaban J connectivity index is 1.52. The molecule has 0 bridgehead atoms. The predicted octanol–water partition coefficient (Wildman–Crippen LogP) is 5.93. The molecular formula is C36H36N2O6S. The van der Waals surface area contributed by atoms with Gasteiger partial charge in [-0.1, -0.05) is 74.9 Å². The van der Waals surface area contributed by atoms with Gasteiger partial charge in [0.1, 0.15) is 11.5 Å². The molecule has 9 heteroatoms. The molecule has 0 fully saturated rings. The summed E-state index contributed by atoms with van der Waals surface area (Å²) >= 11 is 1.28. The van der Waals surface area contributed by atoms with Gasteiger partial charge in [-0.3, -0.25) is 9.36 Å². The van der Waals surface area contributed by atoms with E-state index in [1.807, 2.05) is 31.2 Å². The van der Waals surface area contributed by atoms with Crippen LogP contribution >= 0.6 is 11.3 Å². The average molecular weight is 625 g/mol. The van der Waals surface area contributed by atoms with E-state index in [4.69, 9.17) is 19.2 Å². The van der Waals surface area contributed by atoms with Gasteiger partial charge >= 0.3 is 11.9 Å². The van der Waals surface area contributed by atoms with Crippen molar-refractivity contribution in [2.24, 2.45) is 4.99 Å². The number of rotatable bonds is 10. The number of ether oxygens (including phenoxy) is 3. The summed E-state index contributed by atoms with van der Waals surface area (Å²) in [4.78, 5) is 45.3. The number of nitrogens with zero attached hydrogens (tertiary/aromatic N) is 2. The van der Waals surface area contributed by atoms with E-state index in [2.05, 4.69) is 13.8 Å². The standard InChI is InChI=1S/C36H36N2O6S/c1-6-8-29-31(35(41)43-7-2)32(25-13-11-24(12-14-25)22(3)4)38-33(39)30(45-36(38)37-29)21-23-9-17-28(18-10-23)44-34(40)26-15-19-27(42-5)20-16-26/h9-22,32H,6-8H2,1-5H3/b30-21-/t32-/m0/s1. The van der Waals surface area contributed by atoms with Crippen LogP contribution in [0.25, 0.3) is 6.08 Å². The maximum absolute atomic E-state index is 14.0. The highest BCUT2D eigenvalue weighted by Gasteiger charge is 2.34. The van der Waals surface area contributed by atoms with Crippen molar-refractivity contribution in [2.75, 3.05) is 13.7 Å². The monoisotopic (exact) mass is 624 g/mol. The molecule has 0 radical (unpaired) electrons. The second-order valence-corrected chi connectivity index (χ2v) is 11.9. The van der Waals surface area contributed by atoms with Crippen LogP contribution in [0.4, 0.5) is 0 Å². The molecule has 4 aromatic rings. The van der Waals surface area contributed by atoms with Crippen LogP contribution in [0.3, 0.4) is 0 Å². The second-order valence-electron chi connectivity index (χ2n) is 10.9. The van der Waals surface area contributed by atoms with Crippen LogP contribution in [0.2, 0.25) is 0 Å². The number of benzene rings is 3. The maximum atomic E-state index is 14.0. The molecular weight excluding hydrogens is 588 g/mol. The van der Waals surface area contributed by atoms with E-state index in [1.54, 1.807) is 73.2 Å². The lowest BCUT2D eigenvalue weighted by Crippen LogP contribution is -2.40. The third kappa shape index (κ3) is 6.83. The second kappa shape index (κ2) is 13.9. The Kier molecular flexibility index (Phi) is 9.78. The number of hydrogen-bond acceptors (Lipinski definition) is 8. The van der Waals surface area contributed by atoms with Gasteiger partial charge in [0.25, 0.3) is 5.56 Å². The number of methoxy groups -OCH3 is 1. The highest BCUT2D eigenvalue weighted by atomic mass is 32.1. The number of hydrogen-bond donors (Lipinski definition) is 0. The van der Waals surface area contributed by atoms with Crippen molar-refractivity contribution >= 4 is 29.4 Å². The lowest BCUT2D eigenvalue weighted by molar-refractivity contribution is -0.139. The highest BCUT2D eigenvalue weighted by molar-refractivity contribution is 7.07. The fourth-order valence-corrected chi connectivity index (χ4v) is 6.20. The Morgan fingerprint density at radius 3 is 2.20 bits per heavy atom. The Morgan fingerprint density at radius 2 is 1.60 bits per heavy atom. The lowest BCUT2D eigenvalue weighted by atomic mass is 9.92. The number of fused-ring (bicyclic) bond motifs is 1. The summed E-state index contributed by atoms with van der Waals surface area (Å²) in [6.07, 6.45) is 3.15. The first-order valence-electron chi connectivity index (χ1n) is 15.0. The normalized spacial score (nSPS) is 14.6. The fraction of sp³-hybridized carbons (Fsp3) is 0.278. The Morgan fingerprint density at radius 1 is 0.933 bits per heavy atom. The van der Waals surface area contributed by atoms with E-state index >= 15 is 0 Å². The molecule has 0 aliphatic carbocycles. The third-order valence-corrected chi connectivity index (χ3v) is 8.51. The van der Waals surface area contributed by atoms with Crippen molar-refractivity contribution in [1.82, 2.24) is 4.57 Å². The molecule has 0 saturated carbocycles. The fourth-order valence-electron chi connectivity index (χ4n) is 5.18. The van der Waals surface area contributed by atoms with Crippen LogP contribution in [-0.2, 0) is 9.53 Å². The number of allylic oxidation sites excluding steroid dienone is 1. The van der Waals surface area contributed by atoms with Crippen molar-refractivity contribution in [3.8, 4) is 11.5 Å². The minimum atomic E-state index is -0.662. The molecule has 8 nitrogen and oxygen atoms in total. The lowest BCUT2D eigenvalue weighted by Gasteiger charge is -2.26. The quantitative estimate of drug-likeness (QED) is 0.160. The molecule has 45 heavy (non-hydrogen) atoms. The zero-order chi connectivity index (χ0) is 32.1. The molecule has 3 aromatic carbocycles. The van der Waals surface area contributed by atoms with Gasteiger partial charge in [0, 0.05) is 0 Å². The van der Waals surface area contributed by atoms with Crippen LogP contribution in [0, 0.1) is 0 Å². The maximum Gasteiger partial charge on any atom is 0.343 e. The molecule has 1 atom stereocenters. The van der Waals surface area contributed by atoms with Crippen molar-refractivity contribution < 1.29 is 23.8 Å². The largest absolute Gasteiger partial charge is 0.497 e. The van der Waals surface area contributed by atoms with Crippen molar-refractivity contribution in [3.05, 3.63) is 126 Å². The molecule has 0 saturated heterocycles. The molecule has 0 spiro atoms. The molecule has 1 aliphatic heterocycles. The summed E-state index contributed by atoms with van der Waals surface area (Å²) in [7, 11) is 1.56. The summed E-state index contributed by atoms with van der Waals surface area (Å²) in [5.41, 5.74) is 3.94. The van der Waals surface area contributed by atoms with E-state index in [0.717, 1.165) is 17.5 Å². The van der Waals surface area contributed by atoms with Gasteiger partial charge in [0.2, 0.25) is 0 Å². The van der Waals surface area contributed by atoms with Crippen molar-refractivity contribution in [3.63, 3.8) is 0 Å². The topological polar surface area (TPSA) is 96.2 Å². The molecule has 2 heterocycles. The van der Waals surface area contributed by atoms with Crippen LogP contribution in [0.5, 0.6) is 11.5 Å². The van der Waals surface area contributed by atoms with Gasteiger partial charge in [-0.15, -0.1) is 0 Å². The van der Waals surface area contributed by atoms with Crippen LogP contribution in [-0.4, -0.2) is 30.2 Å². The van der Waals surface area contributed by atoms with Gasteiger partial charge in [-0.05, 0) is 78.4 Å². The smallest absolute Gasteiger partial charge is 0.343 e. The number of carbonyl (C=O) groups excluding carboxylic acids is 2. The van der Waals surface area contributed by atoms with E-state index in [9.17, 15) is 14.4 Å². The molecule has 1 aromatic heterocycles. The van der Waals surface area contributed by atoms with Gasteiger partial charge < -0.3 is 14.2 Å². The van der Waals surface area contributed by atoms with Crippen LogP contribution in [0.1, 0.15) is 79.5 Å². The summed E-state index contributed by atoms with van der Waals surface area (Å²) in [5, 5.41) is 0. The zero-order valence-electron chi connectivity index (χ0n) is 26.0. The van der Waals surface area contributed by atoms with Gasteiger partial charge in [-0.2, -0.15) is 0 Å². The Hall–Kier alpha value is -4.76. The van der Waals surface area contributed by atoms with E-state index < -0.39 is 18.0 Å². The first-order chi connectivity index (χ1) is 21.7. The minimum absolute atomic E-state index is 0.219. The zero-order valence-corrected chi connectivity index (χ0v) is 26.9. The first kappa shape index (κ1) is 31.7. The Bertz CT molecular complexity index is 1900. The van der Waals surface area contributed by atoms with E-state index in [0.29, 0.717) is 50.0 Å². The van der Waals surface area contributed by atoms with Gasteiger partial charge in [-0.25, -0.2) is 14.6 Å². The highest BCUT2D eigenvalue weighted by Crippen LogP contribution is 2.33. The van der Waals surface area contributed by atoms with E-state index in [1.165, 1.54) is 16.9 Å². The molecule has 0 N–H and O–H groups in total. The number of carbonyl (C=O) groups is 2. The molecule has 0 amide bonds. The van der Waals surface area contributed by atoms with Crippen molar-refractivity contribution in [1.29, 1.82) is 0 Å². The number of aromatic nitrogens is 1. The van der Waals surface area contributed by atoms with E-state index in [-0.39, 0.29) is 12.2 Å². The van der Waals surface area contributed by atoms with Crippen molar-refractivity contribution in [2.45, 2.75) is 52.5 Å². The summed E-state index contributed by atoms with van der Waals surface area (Å²) in [5.74, 6) is 0.420. The number of thiazole rings is 1. The molecule has 0 unspecified atom stereocenters. The molecule has 232 valence electrons. The predicted molar refractivity (Wildman–Crippen MR) is 175 cm³/mol. The van der Waals surface area contributed by atoms with Gasteiger partial charge in [0.15, 0.2) is 4.80 Å². The average Bonchev–Trinajstić information content (AvgIpc) is 3.35. The summed E-state index contributed by atoms with van der Waals surface area (Å²) in [6, 6.07) is 21.0. The summed E-state index contributed by atoms with van der Waals surface area (Å²) in [6.45, 7) is 8.27. The third-order valence-electron chi connectivity index (χ3n) is 7.53. The van der Waals surface area contributed by atoms with Crippen LogP contribution in [0.15, 0.2) is 93.9 Å². The molecule has 1 aliphatic rings. The molecule has 5 rings (SSSR count). The number of esters is 2. The Labute approximate surface area is 265 Å². The summed E-state index contributed by atoms with van der Waals surface area (Å²) < 4.78 is 18.2.